The number of likely N-dealkylation sites (N-methyl/N-ethyl adjacent to an activating group) is 1. The Bertz CT molecular complexity index is 384. The van der Waals surface area contributed by atoms with Crippen LogP contribution >= 0.6 is 15.9 Å². The van der Waals surface area contributed by atoms with Gasteiger partial charge in [-0.2, -0.15) is 0 Å². The van der Waals surface area contributed by atoms with Gasteiger partial charge in [0.15, 0.2) is 5.78 Å². The number of nitrogens with one attached hydrogen (secondary N) is 1. The Balaban J connectivity index is 2.85. The van der Waals surface area contributed by atoms with E-state index in [0.29, 0.717) is 10.0 Å². The van der Waals surface area contributed by atoms with Gasteiger partial charge in [-0.3, -0.25) is 4.79 Å². The van der Waals surface area contributed by atoms with Crippen LogP contribution in [0.15, 0.2) is 22.7 Å². The predicted octanol–water partition coefficient (Wildman–Crippen LogP) is 2.70. The maximum Gasteiger partial charge on any atom is 0.156 e. The molecule has 1 rings (SSSR count). The summed E-state index contributed by atoms with van der Waals surface area (Å²) in [6, 6.07) is 4.51. The zero-order chi connectivity index (χ0) is 12.3. The zero-order valence-electron chi connectivity index (χ0n) is 9.60. The number of carbonyl (C=O) groups is 1. The summed E-state index contributed by atoms with van der Waals surface area (Å²) in [5.41, 5.74) is 0.0962. The Morgan fingerprint density at radius 2 is 2.06 bits per heavy atom. The Labute approximate surface area is 103 Å². The second-order valence-corrected chi connectivity index (χ2v) is 5.17. The molecule has 0 saturated heterocycles. The highest BCUT2D eigenvalue weighted by molar-refractivity contribution is 9.10. The van der Waals surface area contributed by atoms with E-state index < -0.39 is 5.54 Å². The number of ketones is 1. The van der Waals surface area contributed by atoms with Crippen LogP contribution in [0.3, 0.4) is 0 Å². The summed E-state index contributed by atoms with van der Waals surface area (Å²) < 4.78 is 13.8. The maximum atomic E-state index is 13.1. The Morgan fingerprint density at radius 1 is 1.44 bits per heavy atom. The molecule has 0 unspecified atom stereocenters. The lowest BCUT2D eigenvalue weighted by Gasteiger charge is -2.22. The van der Waals surface area contributed by atoms with Crippen molar-refractivity contribution in [1.82, 2.24) is 5.32 Å². The largest absolute Gasteiger partial charge is 0.308 e. The highest BCUT2D eigenvalue weighted by Gasteiger charge is 2.24. The van der Waals surface area contributed by atoms with E-state index in [1.807, 2.05) is 13.8 Å². The molecule has 1 aromatic rings. The normalized spacial score (nSPS) is 11.6. The second kappa shape index (κ2) is 5.06. The van der Waals surface area contributed by atoms with Crippen molar-refractivity contribution >= 4 is 21.7 Å². The highest BCUT2D eigenvalue weighted by atomic mass is 79.9. The minimum Gasteiger partial charge on any atom is -0.308 e. The second-order valence-electron chi connectivity index (χ2n) is 4.25. The van der Waals surface area contributed by atoms with E-state index in [-0.39, 0.29) is 18.0 Å². The summed E-state index contributed by atoms with van der Waals surface area (Å²) >= 11 is 3.20. The summed E-state index contributed by atoms with van der Waals surface area (Å²) in [7, 11) is 1.74. The average molecular weight is 288 g/mol. The van der Waals surface area contributed by atoms with Gasteiger partial charge in [-0.25, -0.2) is 4.39 Å². The van der Waals surface area contributed by atoms with Crippen molar-refractivity contribution in [2.24, 2.45) is 0 Å². The van der Waals surface area contributed by atoms with Crippen molar-refractivity contribution in [2.45, 2.75) is 25.8 Å². The fourth-order valence-corrected chi connectivity index (χ4v) is 1.77. The van der Waals surface area contributed by atoms with E-state index in [4.69, 9.17) is 0 Å². The van der Waals surface area contributed by atoms with Gasteiger partial charge in [0.05, 0.1) is 5.54 Å². The van der Waals surface area contributed by atoms with Crippen LogP contribution in [0, 0.1) is 5.82 Å². The fraction of sp³-hybridized carbons (Fsp3) is 0.417. The molecule has 0 atom stereocenters. The van der Waals surface area contributed by atoms with Crippen LogP contribution in [-0.4, -0.2) is 18.4 Å². The minimum absolute atomic E-state index is 0.0347. The third-order valence-electron chi connectivity index (χ3n) is 2.61. The first-order valence-electron chi connectivity index (χ1n) is 5.02. The number of halogens is 2. The molecule has 0 radical (unpaired) electrons. The molecular formula is C12H15BrFNO. The molecule has 0 amide bonds. The monoisotopic (exact) mass is 287 g/mol. The molecule has 0 saturated carbocycles. The van der Waals surface area contributed by atoms with Gasteiger partial charge < -0.3 is 5.32 Å². The van der Waals surface area contributed by atoms with Crippen molar-refractivity contribution in [3.05, 3.63) is 34.1 Å². The summed E-state index contributed by atoms with van der Waals surface area (Å²) in [4.78, 5) is 11.9. The first-order chi connectivity index (χ1) is 7.35. The molecule has 88 valence electrons. The zero-order valence-corrected chi connectivity index (χ0v) is 11.2. The lowest BCUT2D eigenvalue weighted by molar-refractivity contribution is -0.123. The topological polar surface area (TPSA) is 29.1 Å². The molecule has 0 bridgehead atoms. The van der Waals surface area contributed by atoms with Gasteiger partial charge in [0, 0.05) is 10.9 Å². The van der Waals surface area contributed by atoms with Gasteiger partial charge in [-0.15, -0.1) is 0 Å². The van der Waals surface area contributed by atoms with Gasteiger partial charge >= 0.3 is 0 Å². The smallest absolute Gasteiger partial charge is 0.156 e. The fourth-order valence-electron chi connectivity index (χ4n) is 1.26. The van der Waals surface area contributed by atoms with E-state index in [9.17, 15) is 9.18 Å². The summed E-state index contributed by atoms with van der Waals surface area (Å²) in [6.45, 7) is 3.62. The molecule has 1 N–H and O–H groups in total. The molecule has 16 heavy (non-hydrogen) atoms. The van der Waals surface area contributed by atoms with Crippen molar-refractivity contribution in [3.8, 4) is 0 Å². The van der Waals surface area contributed by atoms with Crippen LogP contribution in [-0.2, 0) is 11.2 Å². The first-order valence-corrected chi connectivity index (χ1v) is 5.81. The quantitative estimate of drug-likeness (QED) is 0.923. The summed E-state index contributed by atoms with van der Waals surface area (Å²) in [5.74, 6) is -0.299. The molecule has 0 aliphatic heterocycles. The predicted molar refractivity (Wildman–Crippen MR) is 65.9 cm³/mol. The van der Waals surface area contributed by atoms with E-state index in [2.05, 4.69) is 21.2 Å². The summed E-state index contributed by atoms with van der Waals surface area (Å²) in [5, 5.41) is 2.94. The molecule has 0 heterocycles. The number of Topliss-reactive ketones (excluding diaryl/α,β-unsaturated/α-hetero) is 1. The van der Waals surface area contributed by atoms with Crippen LogP contribution < -0.4 is 5.32 Å². The lowest BCUT2D eigenvalue weighted by atomic mass is 9.94. The van der Waals surface area contributed by atoms with Crippen LogP contribution in [0.2, 0.25) is 0 Å². The third kappa shape index (κ3) is 3.39. The van der Waals surface area contributed by atoms with E-state index in [1.54, 1.807) is 13.1 Å². The highest BCUT2D eigenvalue weighted by Crippen LogP contribution is 2.17. The third-order valence-corrected chi connectivity index (χ3v) is 3.07. The lowest BCUT2D eigenvalue weighted by Crippen LogP contribution is -2.45. The van der Waals surface area contributed by atoms with Crippen molar-refractivity contribution < 1.29 is 9.18 Å². The SMILES string of the molecule is CNC(C)(C)C(=O)Cc1cc(F)cc(Br)c1. The van der Waals surface area contributed by atoms with Crippen LogP contribution in [0.25, 0.3) is 0 Å². The van der Waals surface area contributed by atoms with Crippen molar-refractivity contribution in [3.63, 3.8) is 0 Å². The van der Waals surface area contributed by atoms with Crippen LogP contribution in [0.4, 0.5) is 4.39 Å². The molecule has 4 heteroatoms. The maximum absolute atomic E-state index is 13.1. The van der Waals surface area contributed by atoms with Crippen LogP contribution in [0.5, 0.6) is 0 Å². The number of benzene rings is 1. The van der Waals surface area contributed by atoms with E-state index >= 15 is 0 Å². The number of hydrogen-bond donors (Lipinski definition) is 1. The van der Waals surface area contributed by atoms with Crippen molar-refractivity contribution in [1.29, 1.82) is 0 Å². The Hall–Kier alpha value is -0.740. The Morgan fingerprint density at radius 3 is 2.56 bits per heavy atom. The number of carbonyl (C=O) groups excluding carboxylic acids is 1. The first kappa shape index (κ1) is 13.3. The van der Waals surface area contributed by atoms with Crippen LogP contribution in [0.1, 0.15) is 19.4 Å². The summed E-state index contributed by atoms with van der Waals surface area (Å²) in [6.07, 6.45) is 0.226. The number of rotatable bonds is 4. The molecule has 0 aliphatic rings. The molecule has 2 nitrogen and oxygen atoms in total. The Kier molecular flexibility index (Phi) is 4.21. The average Bonchev–Trinajstić information content (AvgIpc) is 2.15. The molecular weight excluding hydrogens is 273 g/mol. The number of hydrogen-bond acceptors (Lipinski definition) is 2. The van der Waals surface area contributed by atoms with Crippen molar-refractivity contribution in [2.75, 3.05) is 7.05 Å². The van der Waals surface area contributed by atoms with E-state index in [1.165, 1.54) is 12.1 Å². The van der Waals surface area contributed by atoms with Gasteiger partial charge in [-0.05, 0) is 44.7 Å². The van der Waals surface area contributed by atoms with Gasteiger partial charge in [0.25, 0.3) is 0 Å². The van der Waals surface area contributed by atoms with E-state index in [0.717, 1.165) is 0 Å². The molecule has 0 aromatic heterocycles. The minimum atomic E-state index is -0.585. The molecule has 0 spiro atoms. The molecule has 0 fully saturated rings. The van der Waals surface area contributed by atoms with Gasteiger partial charge in [0.1, 0.15) is 5.82 Å². The van der Waals surface area contributed by atoms with Gasteiger partial charge in [0.2, 0.25) is 0 Å². The standard InChI is InChI=1S/C12H15BrFNO/c1-12(2,15-3)11(16)6-8-4-9(13)7-10(14)5-8/h4-5,7,15H,6H2,1-3H3. The van der Waals surface area contributed by atoms with Gasteiger partial charge in [-0.1, -0.05) is 15.9 Å². The molecule has 0 aliphatic carbocycles. The molecule has 1 aromatic carbocycles.